The van der Waals surface area contributed by atoms with Crippen LogP contribution >= 0.6 is 0 Å². The molecule has 4 heavy (non-hydrogen) atoms. The quantitative estimate of drug-likeness (QED) is 0.502. The van der Waals surface area contributed by atoms with Gasteiger partial charge in [0.1, 0.15) is 0 Å². The predicted octanol–water partition coefficient (Wildman–Crippen LogP) is -0.126. The molecule has 0 amide bonds. The van der Waals surface area contributed by atoms with Gasteiger partial charge < -0.3 is 0 Å². The second kappa shape index (κ2) is 25.4. The van der Waals surface area contributed by atoms with Crippen molar-refractivity contribution in [2.45, 2.75) is 0 Å². The fourth-order valence-electron chi connectivity index (χ4n) is 0. The van der Waals surface area contributed by atoms with Gasteiger partial charge >= 0.3 is 21.8 Å². The second-order valence-corrected chi connectivity index (χ2v) is 0. The van der Waals surface area contributed by atoms with E-state index in [0.29, 0.717) is 0 Å². The third-order valence-electron chi connectivity index (χ3n) is 0. The zero-order valence-corrected chi connectivity index (χ0v) is 6.63. The van der Waals surface area contributed by atoms with Crippen molar-refractivity contribution in [2.24, 2.45) is 0 Å². The van der Waals surface area contributed by atoms with Crippen LogP contribution in [0.4, 0.5) is 0 Å². The Kier molecular flexibility index (Phi) is 114. The molecule has 0 saturated heterocycles. The van der Waals surface area contributed by atoms with Crippen LogP contribution in [0, 0.1) is 0 Å². The van der Waals surface area contributed by atoms with Crippen LogP contribution in [-0.2, 0) is 55.4 Å². The normalized spacial score (nSPS) is 1.50. The molecule has 29 valence electrons. The molecule has 0 spiro atoms. The molecule has 0 saturated carbocycles. The molecular weight excluding hydrogens is 204 g/mol. The van der Waals surface area contributed by atoms with Gasteiger partial charge in [0.05, 0.1) is 0 Å². The number of hydrogen-bond donors (Lipinski definition) is 0. The Labute approximate surface area is 55.2 Å². The average molecular weight is 204 g/mol. The zero-order chi connectivity index (χ0) is 2.00. The molecule has 0 aliphatic rings. The van der Waals surface area contributed by atoms with Crippen molar-refractivity contribution in [1.29, 1.82) is 0 Å². The number of hydrogen-bond acceptors (Lipinski definition) is 1. The summed E-state index contributed by atoms with van der Waals surface area (Å²) in [7, 11) is 0. The molecular formula is CuNiOZn. The van der Waals surface area contributed by atoms with Crippen molar-refractivity contribution in [3.8, 4) is 0 Å². The van der Waals surface area contributed by atoms with E-state index >= 15 is 0 Å². The molecule has 0 heterocycles. The van der Waals surface area contributed by atoms with Crippen LogP contribution in [0.15, 0.2) is 0 Å². The van der Waals surface area contributed by atoms with Gasteiger partial charge in [-0.15, -0.1) is 0 Å². The minimum absolute atomic E-state index is 0. The van der Waals surface area contributed by atoms with Gasteiger partial charge in [-0.2, -0.15) is 0 Å². The molecule has 0 aromatic carbocycles. The van der Waals surface area contributed by atoms with Crippen LogP contribution < -0.4 is 0 Å². The van der Waals surface area contributed by atoms with Crippen LogP contribution in [0.5, 0.6) is 0 Å². The van der Waals surface area contributed by atoms with E-state index in [9.17, 15) is 0 Å². The SMILES string of the molecule is [Cu].[Ni].[O]=[Zn]. The first-order valence-corrected chi connectivity index (χ1v) is 1.50. The van der Waals surface area contributed by atoms with Gasteiger partial charge in [-0.25, -0.2) is 0 Å². The van der Waals surface area contributed by atoms with E-state index in [2.05, 4.69) is 0 Å². The van der Waals surface area contributed by atoms with Crippen molar-refractivity contribution in [2.75, 3.05) is 0 Å². The summed E-state index contributed by atoms with van der Waals surface area (Å²) in [5.74, 6) is 0. The van der Waals surface area contributed by atoms with E-state index in [1.807, 2.05) is 0 Å². The minimum atomic E-state index is 0. The summed E-state index contributed by atoms with van der Waals surface area (Å²) in [5, 5.41) is 0. The topological polar surface area (TPSA) is 17.1 Å². The third kappa shape index (κ3) is 9.89. The van der Waals surface area contributed by atoms with Crippen LogP contribution in [0.25, 0.3) is 0 Å². The van der Waals surface area contributed by atoms with Gasteiger partial charge in [0.25, 0.3) is 0 Å². The van der Waals surface area contributed by atoms with E-state index in [0.717, 1.165) is 0 Å². The molecule has 0 aromatic heterocycles. The average Bonchev–Trinajstić information content (AvgIpc) is 1.00. The van der Waals surface area contributed by atoms with Gasteiger partial charge in [-0.3, -0.25) is 0 Å². The van der Waals surface area contributed by atoms with Crippen LogP contribution in [0.2, 0.25) is 0 Å². The summed E-state index contributed by atoms with van der Waals surface area (Å²) in [6.07, 6.45) is 0. The molecule has 0 N–H and O–H groups in total. The Balaban J connectivity index is -0.00000000500. The van der Waals surface area contributed by atoms with E-state index in [1.165, 1.54) is 0 Å². The van der Waals surface area contributed by atoms with Gasteiger partial charge in [0.15, 0.2) is 0 Å². The van der Waals surface area contributed by atoms with Crippen molar-refractivity contribution in [3.05, 3.63) is 0 Å². The molecule has 0 bridgehead atoms. The molecule has 0 rings (SSSR count). The maximum absolute atomic E-state index is 8.38. The van der Waals surface area contributed by atoms with E-state index < -0.39 is 0 Å². The second-order valence-electron chi connectivity index (χ2n) is 0. The molecule has 0 aromatic rings. The fourth-order valence-corrected chi connectivity index (χ4v) is 0. The van der Waals surface area contributed by atoms with Crippen LogP contribution in [-0.4, -0.2) is 0 Å². The Bertz CT molecular complexity index is 8.00. The summed E-state index contributed by atoms with van der Waals surface area (Å²) in [4.78, 5) is 0. The molecule has 1 nitrogen and oxygen atoms in total. The molecule has 4 heteroatoms. The standard InChI is InChI=1S/Cu.Ni.O.Zn. The van der Waals surface area contributed by atoms with Crippen molar-refractivity contribution in [3.63, 3.8) is 0 Å². The summed E-state index contributed by atoms with van der Waals surface area (Å²) in [6, 6.07) is 0. The Hall–Kier alpha value is 1.44. The molecule has 0 aliphatic heterocycles. The van der Waals surface area contributed by atoms with Crippen LogP contribution in [0.3, 0.4) is 0 Å². The van der Waals surface area contributed by atoms with Crippen molar-refractivity contribution >= 4 is 0 Å². The molecule has 0 unspecified atom stereocenters. The van der Waals surface area contributed by atoms with Gasteiger partial charge in [0.2, 0.25) is 0 Å². The van der Waals surface area contributed by atoms with Gasteiger partial charge in [-0.05, 0) is 0 Å². The Morgan fingerprint density at radius 1 is 1.25 bits per heavy atom. The van der Waals surface area contributed by atoms with Gasteiger partial charge in [-0.1, -0.05) is 0 Å². The molecule has 0 aliphatic carbocycles. The van der Waals surface area contributed by atoms with Crippen molar-refractivity contribution < 1.29 is 55.4 Å². The predicted molar refractivity (Wildman–Crippen MR) is 0.686 cm³/mol. The fraction of sp³-hybridized carbons (Fsp3) is 0. The summed E-state index contributed by atoms with van der Waals surface area (Å²) in [6.45, 7) is 0. The zero-order valence-electron chi connectivity index (χ0n) is 1.73. The van der Waals surface area contributed by atoms with E-state index in [4.69, 9.17) is 3.57 Å². The Morgan fingerprint density at radius 3 is 1.25 bits per heavy atom. The molecule has 0 atom stereocenters. The number of rotatable bonds is 0. The van der Waals surface area contributed by atoms with Crippen LogP contribution in [0.1, 0.15) is 0 Å². The summed E-state index contributed by atoms with van der Waals surface area (Å²) >= 11 is 0.125. The summed E-state index contributed by atoms with van der Waals surface area (Å²) < 4.78 is 8.38. The first-order chi connectivity index (χ1) is 1.00. The van der Waals surface area contributed by atoms with Gasteiger partial charge in [0, 0.05) is 33.6 Å². The van der Waals surface area contributed by atoms with E-state index in [1.54, 1.807) is 0 Å². The first kappa shape index (κ1) is 18.0. The Morgan fingerprint density at radius 2 is 1.25 bits per heavy atom. The van der Waals surface area contributed by atoms with Crippen molar-refractivity contribution in [1.82, 2.24) is 0 Å². The monoisotopic (exact) mass is 201 g/mol. The third-order valence-corrected chi connectivity index (χ3v) is 0. The molecule has 1 radical (unpaired) electrons. The van der Waals surface area contributed by atoms with E-state index in [-0.39, 0.29) is 51.8 Å². The maximum atomic E-state index is 8.38. The first-order valence-electron chi connectivity index (χ1n) is 0.289. The summed E-state index contributed by atoms with van der Waals surface area (Å²) in [5.41, 5.74) is 0. The molecule has 0 fully saturated rings.